The molecule has 0 spiro atoms. The minimum atomic E-state index is -0.0556. The van der Waals surface area contributed by atoms with Crippen molar-refractivity contribution in [3.05, 3.63) is 52.5 Å². The van der Waals surface area contributed by atoms with Crippen molar-refractivity contribution < 1.29 is 4.79 Å². The van der Waals surface area contributed by atoms with Gasteiger partial charge in [-0.1, -0.05) is 12.1 Å². The number of amides is 1. The summed E-state index contributed by atoms with van der Waals surface area (Å²) in [5.74, 6) is -0.0556. The van der Waals surface area contributed by atoms with Gasteiger partial charge < -0.3 is 10.2 Å². The zero-order valence-electron chi connectivity index (χ0n) is 10.4. The third-order valence-corrected chi connectivity index (χ3v) is 3.77. The third-order valence-electron chi connectivity index (χ3n) is 3.14. The number of rotatable bonds is 1. The number of hydrogen-bond donors (Lipinski definition) is 1. The highest BCUT2D eigenvalue weighted by Crippen LogP contribution is 2.38. The van der Waals surface area contributed by atoms with E-state index in [2.05, 4.69) is 27.3 Å². The predicted molar refractivity (Wildman–Crippen MR) is 80.9 cm³/mol. The number of carbonyl (C=O) groups excluding carboxylic acids is 1. The lowest BCUT2D eigenvalue weighted by Gasteiger charge is -2.31. The van der Waals surface area contributed by atoms with E-state index in [0.29, 0.717) is 5.56 Å². The molecule has 1 aliphatic rings. The van der Waals surface area contributed by atoms with E-state index in [1.165, 1.54) is 0 Å². The Labute approximate surface area is 124 Å². The third kappa shape index (κ3) is 2.15. The summed E-state index contributed by atoms with van der Waals surface area (Å²) in [6, 6.07) is 15.1. The van der Waals surface area contributed by atoms with Crippen LogP contribution in [0.15, 0.2) is 46.9 Å². The van der Waals surface area contributed by atoms with Gasteiger partial charge >= 0.3 is 0 Å². The molecule has 2 aromatic rings. The number of hydrogen-bond acceptors (Lipinski definition) is 3. The fourth-order valence-electron chi connectivity index (χ4n) is 2.24. The Morgan fingerprint density at radius 3 is 2.75 bits per heavy atom. The minimum absolute atomic E-state index is 0.0556. The normalized spacial score (nSPS) is 13.4. The molecule has 1 N–H and O–H groups in total. The first-order valence-electron chi connectivity index (χ1n) is 6.05. The lowest BCUT2D eigenvalue weighted by molar-refractivity contribution is -0.115. The Bertz CT molecular complexity index is 736. The van der Waals surface area contributed by atoms with E-state index in [4.69, 9.17) is 5.26 Å². The van der Waals surface area contributed by atoms with E-state index in [1.54, 1.807) is 12.1 Å². The summed E-state index contributed by atoms with van der Waals surface area (Å²) in [4.78, 5) is 13.8. The molecule has 0 fully saturated rings. The number of fused-ring (bicyclic) bond motifs is 1. The summed E-state index contributed by atoms with van der Waals surface area (Å²) < 4.78 is 0.793. The molecular formula is C15H10BrN3O. The van der Waals surface area contributed by atoms with Gasteiger partial charge in [-0.05, 0) is 46.3 Å². The molecule has 0 radical (unpaired) electrons. The maximum atomic E-state index is 11.8. The maximum absolute atomic E-state index is 11.8. The van der Waals surface area contributed by atoms with Gasteiger partial charge in [0.2, 0.25) is 5.91 Å². The Morgan fingerprint density at radius 1 is 1.20 bits per heavy atom. The van der Waals surface area contributed by atoms with Crippen molar-refractivity contribution in [1.29, 1.82) is 5.26 Å². The maximum Gasteiger partial charge on any atom is 0.244 e. The van der Waals surface area contributed by atoms with Crippen molar-refractivity contribution in [2.24, 2.45) is 0 Å². The topological polar surface area (TPSA) is 56.1 Å². The zero-order valence-corrected chi connectivity index (χ0v) is 12.0. The molecule has 0 unspecified atom stereocenters. The molecule has 0 aliphatic carbocycles. The Morgan fingerprint density at radius 2 is 2.00 bits per heavy atom. The molecule has 98 valence electrons. The summed E-state index contributed by atoms with van der Waals surface area (Å²) in [5.41, 5.74) is 3.18. The van der Waals surface area contributed by atoms with Crippen molar-refractivity contribution in [3.63, 3.8) is 0 Å². The van der Waals surface area contributed by atoms with Crippen LogP contribution in [0.3, 0.4) is 0 Å². The van der Waals surface area contributed by atoms with Gasteiger partial charge in [-0.2, -0.15) is 5.26 Å². The van der Waals surface area contributed by atoms with Crippen LogP contribution in [0.4, 0.5) is 17.1 Å². The molecule has 0 bridgehead atoms. The lowest BCUT2D eigenvalue weighted by Crippen LogP contribution is -2.35. The van der Waals surface area contributed by atoms with Crippen LogP contribution in [-0.4, -0.2) is 12.5 Å². The fraction of sp³-hybridized carbons (Fsp3) is 0.0667. The zero-order chi connectivity index (χ0) is 14.1. The number of carbonyl (C=O) groups is 1. The van der Waals surface area contributed by atoms with Gasteiger partial charge in [-0.3, -0.25) is 4.79 Å². The largest absolute Gasteiger partial charge is 0.329 e. The van der Waals surface area contributed by atoms with Crippen LogP contribution in [0.2, 0.25) is 0 Å². The van der Waals surface area contributed by atoms with Gasteiger partial charge in [0.15, 0.2) is 0 Å². The highest BCUT2D eigenvalue weighted by Gasteiger charge is 2.24. The van der Waals surface area contributed by atoms with Crippen LogP contribution in [0.1, 0.15) is 5.56 Å². The predicted octanol–water partition coefficient (Wildman–Crippen LogP) is 3.41. The molecular weight excluding hydrogens is 318 g/mol. The van der Waals surface area contributed by atoms with Gasteiger partial charge in [-0.25, -0.2) is 0 Å². The molecule has 0 aromatic heterocycles. The number of para-hydroxylation sites is 2. The highest BCUT2D eigenvalue weighted by molar-refractivity contribution is 9.10. The van der Waals surface area contributed by atoms with Crippen molar-refractivity contribution in [3.8, 4) is 6.07 Å². The second kappa shape index (κ2) is 4.99. The Balaban J connectivity index is 2.11. The Kier molecular flexibility index (Phi) is 3.17. The molecule has 0 atom stereocenters. The number of halogens is 1. The second-order valence-corrected chi connectivity index (χ2v) is 5.28. The van der Waals surface area contributed by atoms with E-state index in [1.807, 2.05) is 35.2 Å². The van der Waals surface area contributed by atoms with Gasteiger partial charge in [-0.15, -0.1) is 0 Å². The average molecular weight is 328 g/mol. The number of nitrogens with one attached hydrogen (secondary N) is 1. The van der Waals surface area contributed by atoms with E-state index in [0.717, 1.165) is 21.5 Å². The van der Waals surface area contributed by atoms with Crippen LogP contribution in [0.5, 0.6) is 0 Å². The Hall–Kier alpha value is -2.32. The standard InChI is InChI=1S/C15H10BrN3O/c16-11-7-10(8-17)5-6-13(11)19-9-15(20)18-12-3-1-2-4-14(12)19/h1-7H,9H2,(H,18,20). The van der Waals surface area contributed by atoms with Crippen molar-refractivity contribution in [1.82, 2.24) is 0 Å². The molecule has 0 saturated heterocycles. The summed E-state index contributed by atoms with van der Waals surface area (Å²) >= 11 is 3.47. The van der Waals surface area contributed by atoms with Gasteiger partial charge in [0.1, 0.15) is 6.54 Å². The first-order chi connectivity index (χ1) is 9.69. The second-order valence-electron chi connectivity index (χ2n) is 4.43. The molecule has 4 nitrogen and oxygen atoms in total. The van der Waals surface area contributed by atoms with Crippen molar-refractivity contribution in [2.45, 2.75) is 0 Å². The van der Waals surface area contributed by atoms with E-state index >= 15 is 0 Å². The number of nitriles is 1. The number of anilines is 3. The fourth-order valence-corrected chi connectivity index (χ4v) is 2.84. The summed E-state index contributed by atoms with van der Waals surface area (Å²) in [6.45, 7) is 0.252. The van der Waals surface area contributed by atoms with Crippen LogP contribution in [0.25, 0.3) is 0 Å². The summed E-state index contributed by atoms with van der Waals surface area (Å²) in [5, 5.41) is 11.8. The van der Waals surface area contributed by atoms with Crippen molar-refractivity contribution >= 4 is 38.9 Å². The van der Waals surface area contributed by atoms with E-state index in [9.17, 15) is 4.79 Å². The number of nitrogens with zero attached hydrogens (tertiary/aromatic N) is 2. The first-order valence-corrected chi connectivity index (χ1v) is 6.84. The molecule has 5 heteroatoms. The lowest BCUT2D eigenvalue weighted by atomic mass is 10.1. The van der Waals surface area contributed by atoms with E-state index < -0.39 is 0 Å². The van der Waals surface area contributed by atoms with Crippen LogP contribution >= 0.6 is 15.9 Å². The molecule has 1 amide bonds. The van der Waals surface area contributed by atoms with Gasteiger partial charge in [0.05, 0.1) is 28.7 Å². The summed E-state index contributed by atoms with van der Waals surface area (Å²) in [7, 11) is 0. The van der Waals surface area contributed by atoms with Gasteiger partial charge in [0.25, 0.3) is 0 Å². The molecule has 1 aliphatic heterocycles. The molecule has 0 saturated carbocycles. The highest BCUT2D eigenvalue weighted by atomic mass is 79.9. The van der Waals surface area contributed by atoms with E-state index in [-0.39, 0.29) is 12.5 Å². The van der Waals surface area contributed by atoms with Crippen molar-refractivity contribution in [2.75, 3.05) is 16.8 Å². The summed E-state index contributed by atoms with van der Waals surface area (Å²) in [6.07, 6.45) is 0. The number of benzene rings is 2. The minimum Gasteiger partial charge on any atom is -0.329 e. The van der Waals surface area contributed by atoms with Gasteiger partial charge in [0, 0.05) is 4.47 Å². The molecule has 1 heterocycles. The quantitative estimate of drug-likeness (QED) is 0.873. The van der Waals surface area contributed by atoms with Crippen LogP contribution in [0, 0.1) is 11.3 Å². The average Bonchev–Trinajstić information content (AvgIpc) is 2.46. The van der Waals surface area contributed by atoms with Crippen LogP contribution < -0.4 is 10.2 Å². The monoisotopic (exact) mass is 327 g/mol. The molecule has 2 aromatic carbocycles. The van der Waals surface area contributed by atoms with Crippen LogP contribution in [-0.2, 0) is 4.79 Å². The molecule has 3 rings (SSSR count). The first kappa shape index (κ1) is 12.7. The smallest absolute Gasteiger partial charge is 0.244 e. The SMILES string of the molecule is N#Cc1ccc(N2CC(=O)Nc3ccccc32)c(Br)c1. The molecule has 20 heavy (non-hydrogen) atoms.